The molecule has 2 heterocycles. The van der Waals surface area contributed by atoms with Crippen LogP contribution in [0.2, 0.25) is 0 Å². The smallest absolute Gasteiger partial charge is 0.324 e. The average molecular weight is 599 g/mol. The van der Waals surface area contributed by atoms with Crippen molar-refractivity contribution in [2.24, 2.45) is 0 Å². The van der Waals surface area contributed by atoms with Crippen LogP contribution < -0.4 is 10.6 Å². The fourth-order valence-corrected chi connectivity index (χ4v) is 5.90. The lowest BCUT2D eigenvalue weighted by Crippen LogP contribution is -2.51. The molecule has 0 saturated carbocycles. The summed E-state index contributed by atoms with van der Waals surface area (Å²) in [5, 5.41) is 5.41. The zero-order valence-electron chi connectivity index (χ0n) is 25.3. The summed E-state index contributed by atoms with van der Waals surface area (Å²) in [6.45, 7) is 4.66. The van der Waals surface area contributed by atoms with Gasteiger partial charge in [0.15, 0.2) is 0 Å². The molecule has 44 heavy (non-hydrogen) atoms. The molecule has 3 unspecified atom stereocenters. The monoisotopic (exact) mass is 598 g/mol. The van der Waals surface area contributed by atoms with E-state index in [1.54, 1.807) is 37.1 Å². The molecule has 0 radical (unpaired) electrons. The predicted molar refractivity (Wildman–Crippen MR) is 168 cm³/mol. The normalized spacial score (nSPS) is 17.0. The summed E-state index contributed by atoms with van der Waals surface area (Å²) in [5.41, 5.74) is 3.39. The van der Waals surface area contributed by atoms with E-state index < -0.39 is 24.0 Å². The van der Waals surface area contributed by atoms with Crippen LogP contribution in [0.3, 0.4) is 0 Å². The number of carbonyl (C=O) groups excluding carboxylic acids is 3. The van der Waals surface area contributed by atoms with Crippen LogP contribution in [-0.4, -0.2) is 69.8 Å². The van der Waals surface area contributed by atoms with E-state index in [9.17, 15) is 18.8 Å². The fraction of sp³-hybridized carbons (Fsp3) is 0.353. The summed E-state index contributed by atoms with van der Waals surface area (Å²) in [6.07, 6.45) is 2.16. The number of urea groups is 1. The largest absolute Gasteiger partial charge is 0.343 e. The molecule has 0 spiro atoms. The van der Waals surface area contributed by atoms with Gasteiger partial charge in [0, 0.05) is 30.3 Å². The molecule has 5 rings (SSSR count). The number of hydrogen-bond acceptors (Lipinski definition) is 5. The third-order valence-electron chi connectivity index (χ3n) is 8.47. The number of imidazole rings is 1. The summed E-state index contributed by atoms with van der Waals surface area (Å²) >= 11 is 0. The van der Waals surface area contributed by atoms with Crippen molar-refractivity contribution in [1.82, 2.24) is 30.4 Å². The van der Waals surface area contributed by atoms with Crippen LogP contribution in [0.25, 0.3) is 22.2 Å². The summed E-state index contributed by atoms with van der Waals surface area (Å²) in [5.74, 6) is -0.171. The molecule has 230 valence electrons. The van der Waals surface area contributed by atoms with Gasteiger partial charge in [-0.05, 0) is 57.9 Å². The predicted octanol–water partition coefficient (Wildman–Crippen LogP) is 5.20. The number of nitrogens with one attached hydrogen (secondary N) is 3. The van der Waals surface area contributed by atoms with Gasteiger partial charge in [-0.3, -0.25) is 14.9 Å². The van der Waals surface area contributed by atoms with Crippen LogP contribution in [0.5, 0.6) is 0 Å². The molecule has 1 aliphatic rings. The molecular formula is C34H39FN6O3. The highest BCUT2D eigenvalue weighted by Crippen LogP contribution is 2.38. The molecule has 4 aromatic rings. The van der Waals surface area contributed by atoms with Crippen molar-refractivity contribution in [3.8, 4) is 11.1 Å². The third-order valence-corrected chi connectivity index (χ3v) is 8.47. The van der Waals surface area contributed by atoms with E-state index in [2.05, 4.69) is 15.6 Å². The maximum atomic E-state index is 14.7. The van der Waals surface area contributed by atoms with Crippen molar-refractivity contribution in [3.05, 3.63) is 90.0 Å². The molecule has 1 fully saturated rings. The van der Waals surface area contributed by atoms with E-state index >= 15 is 0 Å². The Kier molecular flexibility index (Phi) is 9.69. The number of carbonyl (C=O) groups is 3. The SMILES string of the molecule is CCN(CCC1CCC(c2nc3c(-c4ccccc4F)cccc3[nH]2)N1C(=O)NC(=O)C(C)NC)C(=O)Cc1ccccc1. The second kappa shape index (κ2) is 13.8. The van der Waals surface area contributed by atoms with Gasteiger partial charge in [0.2, 0.25) is 11.8 Å². The number of para-hydroxylation sites is 1. The molecule has 4 amide bonds. The Morgan fingerprint density at radius 2 is 1.75 bits per heavy atom. The first-order chi connectivity index (χ1) is 21.3. The Balaban J connectivity index is 1.40. The molecule has 3 aromatic carbocycles. The number of amides is 4. The van der Waals surface area contributed by atoms with Gasteiger partial charge >= 0.3 is 6.03 Å². The number of halogens is 1. The maximum absolute atomic E-state index is 14.7. The highest BCUT2D eigenvalue weighted by molar-refractivity contribution is 5.97. The molecule has 3 atom stereocenters. The van der Waals surface area contributed by atoms with Gasteiger partial charge in [0.1, 0.15) is 11.6 Å². The second-order valence-electron chi connectivity index (χ2n) is 11.2. The zero-order valence-corrected chi connectivity index (χ0v) is 25.3. The van der Waals surface area contributed by atoms with Crippen molar-refractivity contribution in [2.45, 2.75) is 57.7 Å². The van der Waals surface area contributed by atoms with E-state index in [0.29, 0.717) is 61.2 Å². The Bertz CT molecular complexity index is 1620. The molecule has 1 aromatic heterocycles. The molecule has 0 aliphatic carbocycles. The summed E-state index contributed by atoms with van der Waals surface area (Å²) in [4.78, 5) is 51.3. The lowest BCUT2D eigenvalue weighted by atomic mass is 10.0. The first kappa shape index (κ1) is 30.9. The van der Waals surface area contributed by atoms with Crippen molar-refractivity contribution < 1.29 is 18.8 Å². The summed E-state index contributed by atoms with van der Waals surface area (Å²) < 4.78 is 14.7. The summed E-state index contributed by atoms with van der Waals surface area (Å²) in [6, 6.07) is 20.0. The molecule has 1 saturated heterocycles. The van der Waals surface area contributed by atoms with Crippen LogP contribution in [-0.2, 0) is 16.0 Å². The lowest BCUT2D eigenvalue weighted by Gasteiger charge is -2.31. The lowest BCUT2D eigenvalue weighted by molar-refractivity contribution is -0.130. The fourth-order valence-electron chi connectivity index (χ4n) is 5.90. The highest BCUT2D eigenvalue weighted by atomic mass is 19.1. The van der Waals surface area contributed by atoms with Gasteiger partial charge in [-0.25, -0.2) is 14.2 Å². The van der Waals surface area contributed by atoms with Gasteiger partial charge in [-0.2, -0.15) is 0 Å². The number of H-pyrrole nitrogens is 1. The molecule has 10 heteroatoms. The third kappa shape index (κ3) is 6.65. The number of benzene rings is 3. The van der Waals surface area contributed by atoms with Gasteiger partial charge in [-0.15, -0.1) is 0 Å². The van der Waals surface area contributed by atoms with Crippen LogP contribution in [0.4, 0.5) is 9.18 Å². The quantitative estimate of drug-likeness (QED) is 0.233. The van der Waals surface area contributed by atoms with Gasteiger partial charge < -0.3 is 20.1 Å². The molecule has 1 aliphatic heterocycles. The van der Waals surface area contributed by atoms with Crippen LogP contribution in [0.15, 0.2) is 72.8 Å². The number of hydrogen-bond donors (Lipinski definition) is 3. The highest BCUT2D eigenvalue weighted by Gasteiger charge is 2.40. The number of aromatic nitrogens is 2. The maximum Gasteiger partial charge on any atom is 0.324 e. The second-order valence-corrected chi connectivity index (χ2v) is 11.2. The van der Waals surface area contributed by atoms with Crippen molar-refractivity contribution >= 4 is 28.9 Å². The Morgan fingerprint density at radius 3 is 2.48 bits per heavy atom. The van der Waals surface area contributed by atoms with E-state index in [0.717, 1.165) is 11.1 Å². The topological polar surface area (TPSA) is 110 Å². The number of fused-ring (bicyclic) bond motifs is 1. The van der Waals surface area contributed by atoms with E-state index in [-0.39, 0.29) is 17.8 Å². The minimum Gasteiger partial charge on any atom is -0.343 e. The number of nitrogens with zero attached hydrogens (tertiary/aromatic N) is 3. The number of aromatic amines is 1. The van der Waals surface area contributed by atoms with Gasteiger partial charge in [0.05, 0.1) is 29.5 Å². The molecule has 3 N–H and O–H groups in total. The van der Waals surface area contributed by atoms with Crippen molar-refractivity contribution in [2.75, 3.05) is 20.1 Å². The molecule has 9 nitrogen and oxygen atoms in total. The Hall–Kier alpha value is -4.57. The molecule has 0 bridgehead atoms. The number of likely N-dealkylation sites (N-methyl/N-ethyl adjacent to an activating group) is 2. The van der Waals surface area contributed by atoms with E-state index in [4.69, 9.17) is 4.98 Å². The zero-order chi connectivity index (χ0) is 31.2. The first-order valence-corrected chi connectivity index (χ1v) is 15.2. The minimum atomic E-state index is -0.556. The number of rotatable bonds is 10. The van der Waals surface area contributed by atoms with Crippen molar-refractivity contribution in [1.29, 1.82) is 0 Å². The van der Waals surface area contributed by atoms with Gasteiger partial charge in [0.25, 0.3) is 0 Å². The minimum absolute atomic E-state index is 0.0280. The van der Waals surface area contributed by atoms with Crippen LogP contribution in [0, 0.1) is 5.82 Å². The first-order valence-electron chi connectivity index (χ1n) is 15.2. The summed E-state index contributed by atoms with van der Waals surface area (Å²) in [7, 11) is 1.66. The number of imide groups is 1. The average Bonchev–Trinajstić information content (AvgIpc) is 3.66. The molecular weight excluding hydrogens is 559 g/mol. The van der Waals surface area contributed by atoms with E-state index in [1.165, 1.54) is 6.07 Å². The Morgan fingerprint density at radius 1 is 1.02 bits per heavy atom. The van der Waals surface area contributed by atoms with Crippen LogP contribution in [0.1, 0.15) is 50.5 Å². The van der Waals surface area contributed by atoms with Crippen LogP contribution >= 0.6 is 0 Å². The van der Waals surface area contributed by atoms with Crippen molar-refractivity contribution in [3.63, 3.8) is 0 Å². The standard InChI is InChI=1S/C34H39FN6O3/c1-4-40(30(42)21-23-11-6-5-7-12-23)20-19-24-17-18-29(41(24)34(44)39-33(43)22(2)36-3)32-37-28-16-10-14-26(31(28)38-32)25-13-8-9-15-27(25)35/h5-16,22,24,29,36H,4,17-21H2,1-3H3,(H,37,38)(H,39,43,44). The van der Waals surface area contributed by atoms with Gasteiger partial charge in [-0.1, -0.05) is 60.7 Å². The Labute approximate surface area is 256 Å². The van der Waals surface area contributed by atoms with E-state index in [1.807, 2.05) is 60.4 Å². The number of likely N-dealkylation sites (tertiary alicyclic amines) is 1.